The van der Waals surface area contributed by atoms with Gasteiger partial charge in [0.2, 0.25) is 0 Å². The maximum atomic E-state index is 13.0. The van der Waals surface area contributed by atoms with Gasteiger partial charge < -0.3 is 4.74 Å². The Balaban J connectivity index is 2.34. The second-order valence-corrected chi connectivity index (χ2v) is 4.29. The van der Waals surface area contributed by atoms with Crippen molar-refractivity contribution in [1.29, 1.82) is 0 Å². The summed E-state index contributed by atoms with van der Waals surface area (Å²) < 4.78 is 18.0. The average molecular weight is 270 g/mol. The molecule has 20 heavy (non-hydrogen) atoms. The molecule has 2 nitrogen and oxygen atoms in total. The Kier molecular flexibility index (Phi) is 4.66. The fourth-order valence-corrected chi connectivity index (χ4v) is 1.89. The lowest BCUT2D eigenvalue weighted by molar-refractivity contribution is -0.139. The molecule has 0 aliphatic rings. The molecule has 3 heteroatoms. The Labute approximate surface area is 117 Å². The topological polar surface area (TPSA) is 26.3 Å². The maximum Gasteiger partial charge on any atom is 0.302 e. The maximum absolute atomic E-state index is 13.0. The van der Waals surface area contributed by atoms with Gasteiger partial charge >= 0.3 is 5.97 Å². The van der Waals surface area contributed by atoms with Gasteiger partial charge in [0.05, 0.1) is 0 Å². The van der Waals surface area contributed by atoms with E-state index in [1.165, 1.54) is 19.1 Å². The molecule has 0 bridgehead atoms. The Morgan fingerprint density at radius 3 is 2.25 bits per heavy atom. The van der Waals surface area contributed by atoms with E-state index in [4.69, 9.17) is 4.74 Å². The third kappa shape index (κ3) is 3.79. The molecule has 0 radical (unpaired) electrons. The average Bonchev–Trinajstić information content (AvgIpc) is 2.46. The number of hydrogen-bond donors (Lipinski definition) is 0. The number of carbonyl (C=O) groups excluding carboxylic acids is 1. The van der Waals surface area contributed by atoms with E-state index in [2.05, 4.69) is 0 Å². The SMILES string of the molecule is CC(=O)OC/C=C(/c1ccccc1)c1ccc(F)cc1. The first-order chi connectivity index (χ1) is 9.66. The van der Waals surface area contributed by atoms with Gasteiger partial charge in [-0.15, -0.1) is 0 Å². The molecule has 0 aromatic heterocycles. The Morgan fingerprint density at radius 1 is 1.05 bits per heavy atom. The predicted octanol–water partition coefficient (Wildman–Crippen LogP) is 3.82. The van der Waals surface area contributed by atoms with E-state index in [-0.39, 0.29) is 18.4 Å². The number of hydrogen-bond acceptors (Lipinski definition) is 2. The molecule has 102 valence electrons. The zero-order valence-electron chi connectivity index (χ0n) is 11.2. The van der Waals surface area contributed by atoms with Crippen LogP contribution < -0.4 is 0 Å². The fraction of sp³-hybridized carbons (Fsp3) is 0.118. The van der Waals surface area contributed by atoms with E-state index >= 15 is 0 Å². The van der Waals surface area contributed by atoms with E-state index < -0.39 is 0 Å². The van der Waals surface area contributed by atoms with Crippen LogP contribution in [0.2, 0.25) is 0 Å². The minimum Gasteiger partial charge on any atom is -0.462 e. The highest BCUT2D eigenvalue weighted by Crippen LogP contribution is 2.23. The molecule has 0 atom stereocenters. The molecule has 0 unspecified atom stereocenters. The van der Waals surface area contributed by atoms with Crippen molar-refractivity contribution in [2.24, 2.45) is 0 Å². The van der Waals surface area contributed by atoms with Crippen LogP contribution in [0.15, 0.2) is 60.7 Å². The van der Waals surface area contributed by atoms with Crippen molar-refractivity contribution in [3.8, 4) is 0 Å². The number of rotatable bonds is 4. The summed E-state index contributed by atoms with van der Waals surface area (Å²) in [6, 6.07) is 16.0. The molecule has 0 aliphatic heterocycles. The summed E-state index contributed by atoms with van der Waals surface area (Å²) in [4.78, 5) is 10.8. The van der Waals surface area contributed by atoms with E-state index in [9.17, 15) is 9.18 Å². The lowest BCUT2D eigenvalue weighted by Gasteiger charge is -2.09. The van der Waals surface area contributed by atoms with Gasteiger partial charge in [0.15, 0.2) is 0 Å². The van der Waals surface area contributed by atoms with Crippen LogP contribution in [-0.2, 0) is 9.53 Å². The van der Waals surface area contributed by atoms with Gasteiger partial charge in [-0.25, -0.2) is 4.39 Å². The monoisotopic (exact) mass is 270 g/mol. The molecule has 2 rings (SSSR count). The molecular weight excluding hydrogens is 255 g/mol. The summed E-state index contributed by atoms with van der Waals surface area (Å²) >= 11 is 0. The number of halogens is 1. The van der Waals surface area contributed by atoms with Gasteiger partial charge in [0.25, 0.3) is 0 Å². The quantitative estimate of drug-likeness (QED) is 0.789. The van der Waals surface area contributed by atoms with Crippen LogP contribution in [0.25, 0.3) is 5.57 Å². The Bertz CT molecular complexity index is 601. The van der Waals surface area contributed by atoms with E-state index in [1.54, 1.807) is 12.1 Å². The highest BCUT2D eigenvalue weighted by Gasteiger charge is 2.05. The summed E-state index contributed by atoms with van der Waals surface area (Å²) in [5.74, 6) is -0.603. The Morgan fingerprint density at radius 2 is 1.65 bits per heavy atom. The molecule has 2 aromatic rings. The molecule has 0 spiro atoms. The van der Waals surface area contributed by atoms with Crippen molar-refractivity contribution in [3.63, 3.8) is 0 Å². The van der Waals surface area contributed by atoms with E-state index in [0.717, 1.165) is 16.7 Å². The first-order valence-corrected chi connectivity index (χ1v) is 6.31. The zero-order chi connectivity index (χ0) is 14.4. The number of esters is 1. The van der Waals surface area contributed by atoms with Crippen molar-refractivity contribution >= 4 is 11.5 Å². The molecular formula is C17H15FO2. The highest BCUT2D eigenvalue weighted by atomic mass is 19.1. The lowest BCUT2D eigenvalue weighted by Crippen LogP contribution is -1.99. The molecule has 0 amide bonds. The van der Waals surface area contributed by atoms with Crippen molar-refractivity contribution in [1.82, 2.24) is 0 Å². The smallest absolute Gasteiger partial charge is 0.302 e. The predicted molar refractivity (Wildman–Crippen MR) is 76.6 cm³/mol. The minimum absolute atomic E-state index is 0.191. The van der Waals surface area contributed by atoms with Crippen LogP contribution in [0.1, 0.15) is 18.1 Å². The third-order valence-corrected chi connectivity index (χ3v) is 2.81. The number of ether oxygens (including phenoxy) is 1. The first-order valence-electron chi connectivity index (χ1n) is 6.31. The van der Waals surface area contributed by atoms with Crippen molar-refractivity contribution in [2.45, 2.75) is 6.92 Å². The van der Waals surface area contributed by atoms with Gasteiger partial charge in [-0.2, -0.15) is 0 Å². The second-order valence-electron chi connectivity index (χ2n) is 4.29. The largest absolute Gasteiger partial charge is 0.462 e. The van der Waals surface area contributed by atoms with Gasteiger partial charge in [-0.3, -0.25) is 4.79 Å². The van der Waals surface area contributed by atoms with E-state index in [0.29, 0.717) is 0 Å². The Hall–Kier alpha value is -2.42. The first kappa shape index (κ1) is 14.0. The molecule has 0 heterocycles. The minimum atomic E-state index is -0.326. The zero-order valence-corrected chi connectivity index (χ0v) is 11.2. The van der Waals surface area contributed by atoms with Gasteiger partial charge in [0, 0.05) is 6.92 Å². The molecule has 0 aliphatic carbocycles. The highest BCUT2D eigenvalue weighted by molar-refractivity contribution is 5.80. The van der Waals surface area contributed by atoms with Gasteiger partial charge in [0.1, 0.15) is 12.4 Å². The van der Waals surface area contributed by atoms with Crippen molar-refractivity contribution in [2.75, 3.05) is 6.61 Å². The number of benzene rings is 2. The second kappa shape index (κ2) is 6.66. The molecule has 0 saturated heterocycles. The van der Waals surface area contributed by atoms with Crippen molar-refractivity contribution in [3.05, 3.63) is 77.6 Å². The normalized spacial score (nSPS) is 11.2. The molecule has 2 aromatic carbocycles. The molecule has 0 saturated carbocycles. The van der Waals surface area contributed by atoms with E-state index in [1.807, 2.05) is 36.4 Å². The summed E-state index contributed by atoms with van der Waals surface area (Å²) in [5, 5.41) is 0. The van der Waals surface area contributed by atoms with Crippen molar-refractivity contribution < 1.29 is 13.9 Å². The summed E-state index contributed by atoms with van der Waals surface area (Å²) in [6.07, 6.45) is 1.82. The summed E-state index contributed by atoms with van der Waals surface area (Å²) in [5.41, 5.74) is 2.78. The van der Waals surface area contributed by atoms with Crippen LogP contribution in [0, 0.1) is 5.82 Å². The fourth-order valence-electron chi connectivity index (χ4n) is 1.89. The standard InChI is InChI=1S/C17H15FO2/c1-13(19)20-12-11-17(14-5-3-2-4-6-14)15-7-9-16(18)10-8-15/h2-11H,12H2,1H3/b17-11-. The van der Waals surface area contributed by atoms with Crippen LogP contribution in [-0.4, -0.2) is 12.6 Å². The van der Waals surface area contributed by atoms with Gasteiger partial charge in [-0.1, -0.05) is 42.5 Å². The molecule has 0 fully saturated rings. The van der Waals surface area contributed by atoms with Gasteiger partial charge in [-0.05, 0) is 34.9 Å². The molecule has 0 N–H and O–H groups in total. The third-order valence-electron chi connectivity index (χ3n) is 2.81. The van der Waals surface area contributed by atoms with Crippen LogP contribution >= 0.6 is 0 Å². The summed E-state index contributed by atoms with van der Waals surface area (Å²) in [7, 11) is 0. The number of carbonyl (C=O) groups is 1. The van der Waals surface area contributed by atoms with Crippen LogP contribution in [0.5, 0.6) is 0 Å². The lowest BCUT2D eigenvalue weighted by atomic mass is 9.98. The summed E-state index contributed by atoms with van der Waals surface area (Å²) in [6.45, 7) is 1.56. The van der Waals surface area contributed by atoms with Crippen LogP contribution in [0.4, 0.5) is 4.39 Å². The van der Waals surface area contributed by atoms with Crippen LogP contribution in [0.3, 0.4) is 0 Å².